The molecule has 0 heterocycles. The third kappa shape index (κ3) is 1.56. The van der Waals surface area contributed by atoms with E-state index in [9.17, 15) is 4.79 Å². The van der Waals surface area contributed by atoms with Crippen LogP contribution in [0.3, 0.4) is 0 Å². The van der Waals surface area contributed by atoms with Crippen LogP contribution in [0.25, 0.3) is 0 Å². The molecule has 84 valence electrons. The van der Waals surface area contributed by atoms with E-state index in [-0.39, 0.29) is 5.41 Å². The van der Waals surface area contributed by atoms with Crippen LogP contribution in [0.1, 0.15) is 46.0 Å². The van der Waals surface area contributed by atoms with Crippen LogP contribution in [0.5, 0.6) is 0 Å². The summed E-state index contributed by atoms with van der Waals surface area (Å²) in [7, 11) is 0. The zero-order valence-electron chi connectivity index (χ0n) is 9.96. The summed E-state index contributed by atoms with van der Waals surface area (Å²) in [6.45, 7) is 8.48. The lowest BCUT2D eigenvalue weighted by Crippen LogP contribution is -2.29. The van der Waals surface area contributed by atoms with Crippen molar-refractivity contribution in [3.63, 3.8) is 0 Å². The zero-order chi connectivity index (χ0) is 11.1. The highest BCUT2D eigenvalue weighted by Crippen LogP contribution is 2.55. The van der Waals surface area contributed by atoms with Gasteiger partial charge in [-0.1, -0.05) is 19.9 Å². The summed E-state index contributed by atoms with van der Waals surface area (Å²) in [5.74, 6) is 2.47. The van der Waals surface area contributed by atoms with Crippen LogP contribution in [0, 0.1) is 23.2 Å². The van der Waals surface area contributed by atoms with Gasteiger partial charge in [-0.25, -0.2) is 0 Å². The molecule has 0 saturated heterocycles. The molecule has 0 bridgehead atoms. The zero-order valence-corrected chi connectivity index (χ0v) is 9.96. The Morgan fingerprint density at radius 2 is 2.20 bits per heavy atom. The molecule has 3 atom stereocenters. The summed E-state index contributed by atoms with van der Waals surface area (Å²) in [5, 5.41) is 0. The van der Waals surface area contributed by atoms with Crippen LogP contribution in [-0.4, -0.2) is 5.78 Å². The molecule has 0 amide bonds. The Morgan fingerprint density at radius 3 is 2.73 bits per heavy atom. The smallest absolute Gasteiger partial charge is 0.139 e. The van der Waals surface area contributed by atoms with E-state index in [4.69, 9.17) is 0 Å². The Labute approximate surface area is 92.9 Å². The van der Waals surface area contributed by atoms with Gasteiger partial charge in [0.25, 0.3) is 0 Å². The minimum Gasteiger partial charge on any atom is -0.299 e. The first-order valence-corrected chi connectivity index (χ1v) is 6.26. The van der Waals surface area contributed by atoms with Crippen molar-refractivity contribution in [3.05, 3.63) is 12.7 Å². The van der Waals surface area contributed by atoms with E-state index in [2.05, 4.69) is 20.4 Å². The fraction of sp³-hybridized carbons (Fsp3) is 0.786. The summed E-state index contributed by atoms with van der Waals surface area (Å²) in [6.07, 6.45) is 7.36. The predicted molar refractivity (Wildman–Crippen MR) is 62.5 cm³/mol. The van der Waals surface area contributed by atoms with Crippen molar-refractivity contribution in [3.8, 4) is 0 Å². The van der Waals surface area contributed by atoms with Gasteiger partial charge in [0.15, 0.2) is 0 Å². The first-order valence-electron chi connectivity index (χ1n) is 6.26. The molecule has 2 rings (SSSR count). The second-order valence-electron chi connectivity index (χ2n) is 5.71. The molecule has 0 aromatic heterocycles. The van der Waals surface area contributed by atoms with E-state index in [0.717, 1.165) is 37.5 Å². The fourth-order valence-electron chi connectivity index (χ4n) is 3.64. The molecule has 1 nitrogen and oxygen atoms in total. The Hall–Kier alpha value is -0.590. The molecule has 2 fully saturated rings. The Balaban J connectivity index is 2.19. The molecule has 2 aliphatic carbocycles. The quantitative estimate of drug-likeness (QED) is 0.631. The van der Waals surface area contributed by atoms with E-state index in [1.165, 1.54) is 6.42 Å². The molecule has 1 spiro atoms. The van der Waals surface area contributed by atoms with Gasteiger partial charge in [-0.3, -0.25) is 4.79 Å². The summed E-state index contributed by atoms with van der Waals surface area (Å²) in [4.78, 5) is 12.1. The summed E-state index contributed by atoms with van der Waals surface area (Å²) >= 11 is 0. The predicted octanol–water partition coefficient (Wildman–Crippen LogP) is 3.59. The highest BCUT2D eigenvalue weighted by atomic mass is 16.1. The second-order valence-corrected chi connectivity index (χ2v) is 5.71. The van der Waals surface area contributed by atoms with Crippen molar-refractivity contribution in [1.29, 1.82) is 0 Å². The standard InChI is InChI=1S/C14H22O/c1-4-12-5-6-13(15)14(12)8-7-11(9-14)10(2)3/h4,10-12H,1,5-9H2,2-3H3. The van der Waals surface area contributed by atoms with Crippen molar-refractivity contribution >= 4 is 5.78 Å². The summed E-state index contributed by atoms with van der Waals surface area (Å²) in [6, 6.07) is 0. The minimum atomic E-state index is 0.0106. The van der Waals surface area contributed by atoms with Gasteiger partial charge in [-0.15, -0.1) is 6.58 Å². The maximum absolute atomic E-state index is 12.1. The first-order chi connectivity index (χ1) is 7.10. The second kappa shape index (κ2) is 3.77. The molecule has 0 aromatic carbocycles. The summed E-state index contributed by atoms with van der Waals surface area (Å²) < 4.78 is 0. The average Bonchev–Trinajstić information content (AvgIpc) is 2.75. The van der Waals surface area contributed by atoms with Gasteiger partial charge in [0.05, 0.1) is 0 Å². The van der Waals surface area contributed by atoms with Crippen molar-refractivity contribution in [1.82, 2.24) is 0 Å². The van der Waals surface area contributed by atoms with E-state index >= 15 is 0 Å². The van der Waals surface area contributed by atoms with E-state index in [1.54, 1.807) is 0 Å². The number of ketones is 1. The van der Waals surface area contributed by atoms with Crippen LogP contribution in [0.2, 0.25) is 0 Å². The van der Waals surface area contributed by atoms with Gasteiger partial charge in [-0.05, 0) is 43.4 Å². The molecule has 3 unspecified atom stereocenters. The highest BCUT2D eigenvalue weighted by Gasteiger charge is 2.52. The lowest BCUT2D eigenvalue weighted by atomic mass is 9.74. The van der Waals surface area contributed by atoms with Gasteiger partial charge >= 0.3 is 0 Å². The largest absolute Gasteiger partial charge is 0.299 e. The number of Topliss-reactive ketones (excluding diaryl/α,β-unsaturated/α-hetero) is 1. The van der Waals surface area contributed by atoms with Crippen molar-refractivity contribution in [2.24, 2.45) is 23.2 Å². The highest BCUT2D eigenvalue weighted by molar-refractivity contribution is 5.88. The Bertz CT molecular complexity index is 279. The van der Waals surface area contributed by atoms with Gasteiger partial charge in [0.1, 0.15) is 5.78 Å². The maximum atomic E-state index is 12.1. The van der Waals surface area contributed by atoms with Crippen LogP contribution in [0.15, 0.2) is 12.7 Å². The maximum Gasteiger partial charge on any atom is 0.139 e. The van der Waals surface area contributed by atoms with Crippen LogP contribution in [0.4, 0.5) is 0 Å². The topological polar surface area (TPSA) is 17.1 Å². The molecule has 15 heavy (non-hydrogen) atoms. The lowest BCUT2D eigenvalue weighted by Gasteiger charge is -2.28. The number of carbonyl (C=O) groups is 1. The Morgan fingerprint density at radius 1 is 1.47 bits per heavy atom. The van der Waals surface area contributed by atoms with Crippen molar-refractivity contribution in [2.75, 3.05) is 0 Å². The van der Waals surface area contributed by atoms with E-state index in [1.807, 2.05) is 6.08 Å². The molecular weight excluding hydrogens is 184 g/mol. The fourth-order valence-corrected chi connectivity index (χ4v) is 3.64. The molecule has 0 aliphatic heterocycles. The van der Waals surface area contributed by atoms with Gasteiger partial charge in [0, 0.05) is 11.8 Å². The normalized spacial score (nSPS) is 40.6. The monoisotopic (exact) mass is 206 g/mol. The van der Waals surface area contributed by atoms with E-state index < -0.39 is 0 Å². The number of carbonyl (C=O) groups excluding carboxylic acids is 1. The Kier molecular flexibility index (Phi) is 2.74. The van der Waals surface area contributed by atoms with Crippen molar-refractivity contribution < 1.29 is 4.79 Å². The third-order valence-electron chi connectivity index (χ3n) is 4.76. The molecule has 0 N–H and O–H groups in total. The summed E-state index contributed by atoms with van der Waals surface area (Å²) in [5.41, 5.74) is 0.0106. The van der Waals surface area contributed by atoms with Crippen molar-refractivity contribution in [2.45, 2.75) is 46.0 Å². The molecular formula is C14H22O. The lowest BCUT2D eigenvalue weighted by molar-refractivity contribution is -0.126. The molecule has 0 radical (unpaired) electrons. The van der Waals surface area contributed by atoms with Crippen LogP contribution >= 0.6 is 0 Å². The molecule has 0 aromatic rings. The number of allylic oxidation sites excluding steroid dienone is 1. The number of hydrogen-bond donors (Lipinski definition) is 0. The SMILES string of the molecule is C=CC1CCC(=O)C12CCC(C(C)C)C2. The number of hydrogen-bond acceptors (Lipinski definition) is 1. The number of rotatable bonds is 2. The molecule has 1 heteroatoms. The average molecular weight is 206 g/mol. The van der Waals surface area contributed by atoms with Gasteiger partial charge in [-0.2, -0.15) is 0 Å². The van der Waals surface area contributed by atoms with Crippen LogP contribution in [-0.2, 0) is 4.79 Å². The third-order valence-corrected chi connectivity index (χ3v) is 4.76. The minimum absolute atomic E-state index is 0.0106. The van der Waals surface area contributed by atoms with Gasteiger partial charge < -0.3 is 0 Å². The van der Waals surface area contributed by atoms with Crippen LogP contribution < -0.4 is 0 Å². The molecule has 2 aliphatic rings. The van der Waals surface area contributed by atoms with E-state index in [0.29, 0.717) is 11.7 Å². The van der Waals surface area contributed by atoms with Gasteiger partial charge in [0.2, 0.25) is 0 Å². The molecule has 2 saturated carbocycles. The first kappa shape index (κ1) is 10.9.